The number of amides is 2. The van der Waals surface area contributed by atoms with Crippen LogP contribution in [0.1, 0.15) is 12.0 Å². The highest BCUT2D eigenvalue weighted by Crippen LogP contribution is 2.25. The lowest BCUT2D eigenvalue weighted by Crippen LogP contribution is -2.17. The van der Waals surface area contributed by atoms with Crippen molar-refractivity contribution in [2.75, 3.05) is 11.1 Å². The molecule has 0 aliphatic carbocycles. The average Bonchev–Trinajstić information content (AvgIpc) is 3.29. The van der Waals surface area contributed by atoms with Crippen LogP contribution in [0.2, 0.25) is 0 Å². The van der Waals surface area contributed by atoms with Crippen molar-refractivity contribution in [3.8, 4) is 11.6 Å². The van der Waals surface area contributed by atoms with Gasteiger partial charge in [-0.2, -0.15) is 0 Å². The molecule has 2 heterocycles. The number of furan rings is 1. The van der Waals surface area contributed by atoms with Gasteiger partial charge in [0.15, 0.2) is 16.7 Å². The summed E-state index contributed by atoms with van der Waals surface area (Å²) < 4.78 is 8.05. The zero-order valence-electron chi connectivity index (χ0n) is 15.0. The van der Waals surface area contributed by atoms with E-state index in [0.29, 0.717) is 23.3 Å². The number of anilines is 1. The molecule has 0 aliphatic rings. The van der Waals surface area contributed by atoms with Crippen LogP contribution in [-0.4, -0.2) is 32.3 Å². The van der Waals surface area contributed by atoms with Crippen molar-refractivity contribution in [1.82, 2.24) is 14.8 Å². The Balaban J connectivity index is 1.70. The molecule has 0 saturated carbocycles. The van der Waals surface area contributed by atoms with Crippen molar-refractivity contribution in [2.24, 2.45) is 5.73 Å². The van der Waals surface area contributed by atoms with Gasteiger partial charge in [-0.1, -0.05) is 27.7 Å². The molecule has 28 heavy (non-hydrogen) atoms. The number of primary amides is 1. The first-order chi connectivity index (χ1) is 13.4. The molecular formula is C18H18BrN5O3S. The lowest BCUT2D eigenvalue weighted by atomic mass is 10.2. The van der Waals surface area contributed by atoms with Crippen molar-refractivity contribution >= 4 is 45.2 Å². The molecule has 0 aliphatic heterocycles. The fraction of sp³-hybridized carbons (Fsp3) is 0.222. The molecule has 3 aromatic rings. The van der Waals surface area contributed by atoms with E-state index in [1.165, 1.54) is 18.0 Å². The zero-order chi connectivity index (χ0) is 20.1. The lowest BCUT2D eigenvalue weighted by Gasteiger charge is -2.10. The number of benzene rings is 1. The molecule has 0 spiro atoms. The van der Waals surface area contributed by atoms with Gasteiger partial charge in [0.1, 0.15) is 0 Å². The van der Waals surface area contributed by atoms with Gasteiger partial charge in [0, 0.05) is 23.1 Å². The summed E-state index contributed by atoms with van der Waals surface area (Å²) in [5, 5.41) is 11.7. The molecule has 146 valence electrons. The van der Waals surface area contributed by atoms with E-state index in [-0.39, 0.29) is 18.1 Å². The van der Waals surface area contributed by atoms with E-state index in [4.69, 9.17) is 10.2 Å². The fourth-order valence-electron chi connectivity index (χ4n) is 2.49. The summed E-state index contributed by atoms with van der Waals surface area (Å²) in [6, 6.07) is 9.13. The number of nitrogens with zero attached hydrogens (tertiary/aromatic N) is 3. The molecule has 8 nitrogen and oxygen atoms in total. The number of carbonyl (C=O) groups is 2. The Kier molecular flexibility index (Phi) is 6.53. The largest absolute Gasteiger partial charge is 0.461 e. The third kappa shape index (κ3) is 5.02. The predicted molar refractivity (Wildman–Crippen MR) is 110 cm³/mol. The maximum absolute atomic E-state index is 12.3. The summed E-state index contributed by atoms with van der Waals surface area (Å²) in [4.78, 5) is 23.5. The van der Waals surface area contributed by atoms with E-state index >= 15 is 0 Å². The second kappa shape index (κ2) is 9.07. The van der Waals surface area contributed by atoms with E-state index < -0.39 is 5.91 Å². The van der Waals surface area contributed by atoms with Crippen molar-refractivity contribution in [3.63, 3.8) is 0 Å². The summed E-state index contributed by atoms with van der Waals surface area (Å²) >= 11 is 4.63. The number of thioether (sulfide) groups is 1. The Labute approximate surface area is 174 Å². The second-order valence-electron chi connectivity index (χ2n) is 5.95. The Bertz CT molecular complexity index is 987. The van der Waals surface area contributed by atoms with Crippen LogP contribution in [-0.2, 0) is 16.1 Å². The molecule has 0 radical (unpaired) electrons. The van der Waals surface area contributed by atoms with Crippen molar-refractivity contribution < 1.29 is 14.0 Å². The fourth-order valence-corrected chi connectivity index (χ4v) is 3.73. The number of nitrogens with one attached hydrogen (secondary N) is 1. The van der Waals surface area contributed by atoms with Crippen molar-refractivity contribution in [3.05, 3.63) is 46.6 Å². The molecule has 2 amide bonds. The molecule has 0 unspecified atom stereocenters. The zero-order valence-corrected chi connectivity index (χ0v) is 17.4. The molecule has 2 aromatic heterocycles. The van der Waals surface area contributed by atoms with E-state index in [9.17, 15) is 9.59 Å². The Morgan fingerprint density at radius 2 is 2.14 bits per heavy atom. The normalized spacial score (nSPS) is 10.8. The molecule has 1 aromatic carbocycles. The summed E-state index contributed by atoms with van der Waals surface area (Å²) in [7, 11) is 0. The molecule has 0 saturated heterocycles. The molecule has 0 bridgehead atoms. The Hall–Kier alpha value is -2.59. The van der Waals surface area contributed by atoms with Gasteiger partial charge >= 0.3 is 0 Å². The molecule has 3 rings (SSSR count). The molecule has 0 atom stereocenters. The molecular weight excluding hydrogens is 446 g/mol. The van der Waals surface area contributed by atoms with E-state index in [1.54, 1.807) is 16.7 Å². The van der Waals surface area contributed by atoms with Crippen LogP contribution < -0.4 is 11.1 Å². The van der Waals surface area contributed by atoms with Crippen LogP contribution in [0.15, 0.2) is 50.6 Å². The molecule has 3 N–H and O–H groups in total. The topological polar surface area (TPSA) is 116 Å². The van der Waals surface area contributed by atoms with E-state index in [1.807, 2.05) is 25.1 Å². The highest BCUT2D eigenvalue weighted by atomic mass is 79.9. The number of carbonyl (C=O) groups excluding carboxylic acids is 2. The Morgan fingerprint density at radius 1 is 1.32 bits per heavy atom. The van der Waals surface area contributed by atoms with Crippen LogP contribution >= 0.6 is 27.7 Å². The minimum atomic E-state index is -0.432. The van der Waals surface area contributed by atoms with E-state index in [0.717, 1.165) is 15.7 Å². The van der Waals surface area contributed by atoms with Gasteiger partial charge in [-0.3, -0.25) is 14.2 Å². The first-order valence-electron chi connectivity index (χ1n) is 8.38. The highest BCUT2D eigenvalue weighted by Gasteiger charge is 2.18. The predicted octanol–water partition coefficient (Wildman–Crippen LogP) is 3.22. The van der Waals surface area contributed by atoms with E-state index in [2.05, 4.69) is 31.4 Å². The SMILES string of the molecule is Cc1cc(Br)ccc1NC(=O)CSc1nnc(-c2ccco2)n1CCC(N)=O. The Morgan fingerprint density at radius 3 is 2.82 bits per heavy atom. The third-order valence-corrected chi connectivity index (χ3v) is 5.30. The van der Waals surface area contributed by atoms with Crippen LogP contribution in [0.25, 0.3) is 11.6 Å². The maximum atomic E-state index is 12.3. The van der Waals surface area contributed by atoms with Gasteiger partial charge in [0.2, 0.25) is 11.8 Å². The number of halogens is 1. The van der Waals surface area contributed by atoms with Crippen LogP contribution in [0.4, 0.5) is 5.69 Å². The van der Waals surface area contributed by atoms with Gasteiger partial charge in [0.25, 0.3) is 0 Å². The van der Waals surface area contributed by atoms with Gasteiger partial charge < -0.3 is 15.5 Å². The monoisotopic (exact) mass is 463 g/mol. The quantitative estimate of drug-likeness (QED) is 0.495. The minimum Gasteiger partial charge on any atom is -0.461 e. The van der Waals surface area contributed by atoms with Gasteiger partial charge in [0.05, 0.1) is 12.0 Å². The summed E-state index contributed by atoms with van der Waals surface area (Å²) in [6.07, 6.45) is 1.66. The van der Waals surface area contributed by atoms with Crippen molar-refractivity contribution in [1.29, 1.82) is 0 Å². The van der Waals surface area contributed by atoms with Crippen LogP contribution in [0, 0.1) is 6.92 Å². The number of aryl methyl sites for hydroxylation is 1. The summed E-state index contributed by atoms with van der Waals surface area (Å²) in [5.41, 5.74) is 6.98. The summed E-state index contributed by atoms with van der Waals surface area (Å²) in [5.74, 6) is 0.553. The first kappa shape index (κ1) is 20.2. The summed E-state index contributed by atoms with van der Waals surface area (Å²) in [6.45, 7) is 2.22. The number of aromatic nitrogens is 3. The number of nitrogens with two attached hydrogens (primary N) is 1. The molecule has 10 heteroatoms. The van der Waals surface area contributed by atoms with Crippen LogP contribution in [0.5, 0.6) is 0 Å². The second-order valence-corrected chi connectivity index (χ2v) is 7.81. The molecule has 0 fully saturated rings. The van der Waals surface area contributed by atoms with Gasteiger partial charge in [-0.25, -0.2) is 0 Å². The van der Waals surface area contributed by atoms with Gasteiger partial charge in [-0.15, -0.1) is 10.2 Å². The smallest absolute Gasteiger partial charge is 0.234 e. The standard InChI is InChI=1S/C18H18BrN5O3S/c1-11-9-12(19)4-5-13(11)21-16(26)10-28-18-23-22-17(14-3-2-8-27-14)24(18)7-6-15(20)25/h2-5,8-9H,6-7,10H2,1H3,(H2,20,25)(H,21,26). The first-order valence-corrected chi connectivity index (χ1v) is 10.2. The lowest BCUT2D eigenvalue weighted by molar-refractivity contribution is -0.118. The third-order valence-electron chi connectivity index (χ3n) is 3.84. The number of rotatable bonds is 8. The maximum Gasteiger partial charge on any atom is 0.234 e. The van der Waals surface area contributed by atoms with Crippen LogP contribution in [0.3, 0.4) is 0 Å². The highest BCUT2D eigenvalue weighted by molar-refractivity contribution is 9.10. The number of hydrogen-bond acceptors (Lipinski definition) is 6. The minimum absolute atomic E-state index is 0.129. The number of hydrogen-bond donors (Lipinski definition) is 2. The average molecular weight is 464 g/mol. The van der Waals surface area contributed by atoms with Gasteiger partial charge in [-0.05, 0) is 42.8 Å². The van der Waals surface area contributed by atoms with Crippen molar-refractivity contribution in [2.45, 2.75) is 25.0 Å².